The summed E-state index contributed by atoms with van der Waals surface area (Å²) in [5.41, 5.74) is 1.07. The Kier molecular flexibility index (Phi) is 5.82. The van der Waals surface area contributed by atoms with Gasteiger partial charge in [0.15, 0.2) is 11.4 Å². The Morgan fingerprint density at radius 1 is 1.17 bits per heavy atom. The van der Waals surface area contributed by atoms with Gasteiger partial charge in [-0.2, -0.15) is 0 Å². The number of ketones is 1. The number of aromatic nitrogens is 1. The van der Waals surface area contributed by atoms with Crippen LogP contribution in [0.3, 0.4) is 0 Å². The van der Waals surface area contributed by atoms with Gasteiger partial charge in [-0.15, -0.1) is 0 Å². The molecule has 2 N–H and O–H groups in total. The van der Waals surface area contributed by atoms with Crippen LogP contribution in [0.4, 0.5) is 9.59 Å². The predicted molar refractivity (Wildman–Crippen MR) is 125 cm³/mol. The molecule has 3 heterocycles. The minimum absolute atomic E-state index is 0.0426. The van der Waals surface area contributed by atoms with Gasteiger partial charge in [-0.3, -0.25) is 19.5 Å². The second kappa shape index (κ2) is 8.83. The van der Waals surface area contributed by atoms with Crippen LogP contribution in [0.25, 0.3) is 0 Å². The summed E-state index contributed by atoms with van der Waals surface area (Å²) in [5, 5.41) is 4.98. The summed E-state index contributed by atoms with van der Waals surface area (Å²) in [6.07, 6.45) is 8.99. The number of amides is 4. The van der Waals surface area contributed by atoms with E-state index in [2.05, 4.69) is 15.6 Å². The van der Waals surface area contributed by atoms with Crippen molar-refractivity contribution in [2.24, 2.45) is 5.92 Å². The lowest BCUT2D eigenvalue weighted by Crippen LogP contribution is -2.44. The normalized spacial score (nSPS) is 29.6. The van der Waals surface area contributed by atoms with Crippen molar-refractivity contribution >= 4 is 23.8 Å². The highest BCUT2D eigenvalue weighted by molar-refractivity contribution is 6.03. The smallest absolute Gasteiger partial charge is 0.411 e. The number of nitrogens with one attached hydrogen (secondary N) is 2. The van der Waals surface area contributed by atoms with Crippen molar-refractivity contribution in [1.29, 1.82) is 0 Å². The van der Waals surface area contributed by atoms with E-state index in [1.165, 1.54) is 11.9 Å². The number of Topliss-reactive ketones (excluding diaryl/α,β-unsaturated/α-hetero) is 1. The zero-order valence-electron chi connectivity index (χ0n) is 19.8. The first-order chi connectivity index (χ1) is 16.8. The van der Waals surface area contributed by atoms with Crippen LogP contribution < -0.4 is 10.6 Å². The van der Waals surface area contributed by atoms with E-state index in [1.807, 2.05) is 24.0 Å². The zero-order valence-corrected chi connectivity index (χ0v) is 19.8. The molecule has 0 bridgehead atoms. The predicted octanol–water partition coefficient (Wildman–Crippen LogP) is 2.06. The second-order valence-electron chi connectivity index (χ2n) is 9.60. The van der Waals surface area contributed by atoms with E-state index in [9.17, 15) is 19.2 Å². The summed E-state index contributed by atoms with van der Waals surface area (Å²) in [7, 11) is 1.48. The van der Waals surface area contributed by atoms with Crippen molar-refractivity contribution in [2.75, 3.05) is 20.1 Å². The van der Waals surface area contributed by atoms with Gasteiger partial charge in [0.2, 0.25) is 5.91 Å². The number of carbonyl (C=O) groups excluding carboxylic acids is 4. The van der Waals surface area contributed by atoms with E-state index in [4.69, 9.17) is 4.74 Å². The molecule has 184 valence electrons. The molecule has 10 heteroatoms. The second-order valence-corrected chi connectivity index (χ2v) is 9.60. The molecule has 2 aliphatic heterocycles. The van der Waals surface area contributed by atoms with Gasteiger partial charge in [0, 0.05) is 31.4 Å². The number of rotatable bonds is 4. The van der Waals surface area contributed by atoms with E-state index in [0.717, 1.165) is 24.0 Å². The Morgan fingerprint density at radius 3 is 2.69 bits per heavy atom. The number of likely N-dealkylation sites (tertiary alicyclic amines) is 1. The van der Waals surface area contributed by atoms with Gasteiger partial charge in [-0.05, 0) is 62.0 Å². The molecule has 1 aromatic heterocycles. The van der Waals surface area contributed by atoms with E-state index < -0.39 is 23.6 Å². The SMILES string of the molecule is CNC(=O)NC1=CC=C2C(CCC23CN(CC(=O)N2C(c4ccncc4)CC[C@@H]2C)C(=O)O3)C1=O. The maximum Gasteiger partial charge on any atom is 0.411 e. The van der Waals surface area contributed by atoms with E-state index in [-0.39, 0.29) is 42.6 Å². The van der Waals surface area contributed by atoms with Crippen LogP contribution in [0.1, 0.15) is 44.2 Å². The van der Waals surface area contributed by atoms with Crippen molar-refractivity contribution in [2.45, 2.75) is 50.3 Å². The molecule has 35 heavy (non-hydrogen) atoms. The van der Waals surface area contributed by atoms with Gasteiger partial charge in [0.1, 0.15) is 6.54 Å². The van der Waals surface area contributed by atoms with Crippen molar-refractivity contribution in [3.05, 3.63) is 53.5 Å². The molecule has 4 amide bonds. The highest BCUT2D eigenvalue weighted by atomic mass is 16.6. The number of carbonyl (C=O) groups is 4. The summed E-state index contributed by atoms with van der Waals surface area (Å²) < 4.78 is 5.84. The number of pyridine rings is 1. The van der Waals surface area contributed by atoms with Crippen LogP contribution in [-0.2, 0) is 14.3 Å². The lowest BCUT2D eigenvalue weighted by Gasteiger charge is -2.30. The topological polar surface area (TPSA) is 121 Å². The Hall–Kier alpha value is -3.69. The Labute approximate surface area is 203 Å². The van der Waals surface area contributed by atoms with E-state index in [0.29, 0.717) is 12.8 Å². The molecule has 2 aliphatic carbocycles. The third kappa shape index (κ3) is 3.96. The Balaban J connectivity index is 1.32. The minimum Gasteiger partial charge on any atom is -0.436 e. The summed E-state index contributed by atoms with van der Waals surface area (Å²) >= 11 is 0. The number of nitrogens with zero attached hydrogens (tertiary/aromatic N) is 3. The molecule has 10 nitrogen and oxygen atoms in total. The van der Waals surface area contributed by atoms with Crippen LogP contribution in [0.15, 0.2) is 47.9 Å². The Morgan fingerprint density at radius 2 is 1.94 bits per heavy atom. The van der Waals surface area contributed by atoms with Crippen molar-refractivity contribution < 1.29 is 23.9 Å². The fourth-order valence-electron chi connectivity index (χ4n) is 5.87. The molecule has 4 aliphatic rings. The number of urea groups is 1. The number of hydrogen-bond acceptors (Lipinski definition) is 6. The monoisotopic (exact) mass is 479 g/mol. The number of fused-ring (bicyclic) bond motifs is 2. The first kappa shape index (κ1) is 23.1. The third-order valence-corrected chi connectivity index (χ3v) is 7.59. The fourth-order valence-corrected chi connectivity index (χ4v) is 5.87. The molecule has 1 saturated carbocycles. The number of ether oxygens (including phenoxy) is 1. The molecule has 1 aromatic rings. The molecule has 2 saturated heterocycles. The number of hydrogen-bond donors (Lipinski definition) is 2. The molecule has 5 rings (SSSR count). The third-order valence-electron chi connectivity index (χ3n) is 7.59. The summed E-state index contributed by atoms with van der Waals surface area (Å²) in [6.45, 7) is 2.18. The van der Waals surface area contributed by atoms with E-state index >= 15 is 0 Å². The van der Waals surface area contributed by atoms with Gasteiger partial charge < -0.3 is 20.3 Å². The number of allylic oxidation sites excluding steroid dienone is 3. The van der Waals surface area contributed by atoms with Gasteiger partial charge >= 0.3 is 12.1 Å². The van der Waals surface area contributed by atoms with Crippen molar-refractivity contribution in [1.82, 2.24) is 25.4 Å². The minimum atomic E-state index is -0.923. The van der Waals surface area contributed by atoms with Crippen LogP contribution in [0.5, 0.6) is 0 Å². The molecule has 0 radical (unpaired) electrons. The molecule has 4 atom stereocenters. The van der Waals surface area contributed by atoms with Crippen LogP contribution in [0.2, 0.25) is 0 Å². The highest BCUT2D eigenvalue weighted by Crippen LogP contribution is 2.48. The van der Waals surface area contributed by atoms with Crippen LogP contribution in [-0.4, -0.2) is 70.4 Å². The van der Waals surface area contributed by atoms with Gasteiger partial charge in [0.05, 0.1) is 18.3 Å². The van der Waals surface area contributed by atoms with Crippen molar-refractivity contribution in [3.63, 3.8) is 0 Å². The average Bonchev–Trinajstić information content (AvgIpc) is 3.51. The Bertz CT molecular complexity index is 1130. The summed E-state index contributed by atoms with van der Waals surface area (Å²) in [4.78, 5) is 58.2. The maximum atomic E-state index is 13.4. The standard InChI is InChI=1S/C25H29N5O5/c1-15-3-6-20(16-8-11-27-12-9-16)30(15)21(31)13-29-14-25(35-24(29)34)10-7-17-18(25)4-5-19(22(17)32)28-23(33)26-2/h4-5,8-9,11-12,15,17,20H,3,6-7,10,13-14H2,1-2H3,(H2,26,28,33)/t15-,17?,20?,25?/m0/s1. The summed E-state index contributed by atoms with van der Waals surface area (Å²) in [5.74, 6) is -0.768. The largest absolute Gasteiger partial charge is 0.436 e. The molecule has 0 aromatic carbocycles. The lowest BCUT2D eigenvalue weighted by molar-refractivity contribution is -0.134. The van der Waals surface area contributed by atoms with Gasteiger partial charge in [-0.25, -0.2) is 9.59 Å². The molecular weight excluding hydrogens is 450 g/mol. The zero-order chi connectivity index (χ0) is 24.7. The summed E-state index contributed by atoms with van der Waals surface area (Å²) in [6, 6.07) is 3.41. The first-order valence-corrected chi connectivity index (χ1v) is 12.0. The molecule has 1 spiro atoms. The quantitative estimate of drug-likeness (QED) is 0.682. The van der Waals surface area contributed by atoms with Crippen LogP contribution >= 0.6 is 0 Å². The maximum absolute atomic E-state index is 13.4. The molecule has 3 fully saturated rings. The van der Waals surface area contributed by atoms with Crippen LogP contribution in [0, 0.1) is 5.92 Å². The lowest BCUT2D eigenvalue weighted by atomic mass is 9.85. The first-order valence-electron chi connectivity index (χ1n) is 12.0. The average molecular weight is 480 g/mol. The van der Waals surface area contributed by atoms with E-state index in [1.54, 1.807) is 24.5 Å². The van der Waals surface area contributed by atoms with Crippen molar-refractivity contribution in [3.8, 4) is 0 Å². The highest BCUT2D eigenvalue weighted by Gasteiger charge is 2.56. The molecule has 3 unspecified atom stereocenters. The van der Waals surface area contributed by atoms with Gasteiger partial charge in [0.25, 0.3) is 0 Å². The fraction of sp³-hybridized carbons (Fsp3) is 0.480. The van der Waals surface area contributed by atoms with Gasteiger partial charge in [-0.1, -0.05) is 6.08 Å². The molecular formula is C25H29N5O5.